The molecule has 1 aliphatic carbocycles. The Kier molecular flexibility index (Phi) is 5.17. The van der Waals surface area contributed by atoms with Crippen molar-refractivity contribution in [2.75, 3.05) is 10.0 Å². The van der Waals surface area contributed by atoms with Crippen LogP contribution in [0, 0.1) is 0 Å². The highest BCUT2D eigenvalue weighted by Crippen LogP contribution is 2.27. The molecule has 0 bridgehead atoms. The molecule has 0 unspecified atom stereocenters. The summed E-state index contributed by atoms with van der Waals surface area (Å²) in [4.78, 5) is 9.29. The first-order valence-electron chi connectivity index (χ1n) is 9.56. The van der Waals surface area contributed by atoms with Crippen LogP contribution in [0.4, 0.5) is 11.6 Å². The molecule has 9 heteroatoms. The molecule has 0 saturated heterocycles. The summed E-state index contributed by atoms with van der Waals surface area (Å²) in [5.41, 5.74) is 1.36. The summed E-state index contributed by atoms with van der Waals surface area (Å²) in [6, 6.07) is 7.71. The number of para-hydroxylation sites is 2. The van der Waals surface area contributed by atoms with Gasteiger partial charge in [-0.25, -0.2) is 18.4 Å². The minimum Gasteiger partial charge on any atom is -0.364 e. The van der Waals surface area contributed by atoms with Gasteiger partial charge in [-0.2, -0.15) is 5.10 Å². The number of anilines is 2. The van der Waals surface area contributed by atoms with Crippen LogP contribution in [0.1, 0.15) is 38.5 Å². The first-order valence-corrected chi connectivity index (χ1v) is 11.0. The van der Waals surface area contributed by atoms with Crippen molar-refractivity contribution in [2.24, 2.45) is 7.05 Å². The van der Waals surface area contributed by atoms with Gasteiger partial charge in [0.1, 0.15) is 4.90 Å². The molecule has 0 spiro atoms. The van der Waals surface area contributed by atoms with Gasteiger partial charge in [0.2, 0.25) is 0 Å². The quantitative estimate of drug-likeness (QED) is 0.637. The Morgan fingerprint density at radius 3 is 2.25 bits per heavy atom. The van der Waals surface area contributed by atoms with Crippen molar-refractivity contribution < 1.29 is 8.42 Å². The summed E-state index contributed by atoms with van der Waals surface area (Å²) in [6.45, 7) is 0. The van der Waals surface area contributed by atoms with E-state index in [2.05, 4.69) is 25.1 Å². The molecule has 0 amide bonds. The van der Waals surface area contributed by atoms with Crippen molar-refractivity contribution in [3.8, 4) is 0 Å². The molecule has 1 saturated carbocycles. The highest BCUT2D eigenvalue weighted by atomic mass is 32.2. The van der Waals surface area contributed by atoms with Gasteiger partial charge in [0.05, 0.1) is 17.2 Å². The number of aryl methyl sites for hydroxylation is 1. The summed E-state index contributed by atoms with van der Waals surface area (Å²) in [6.07, 6.45) is 9.66. The second-order valence-corrected chi connectivity index (χ2v) is 8.88. The van der Waals surface area contributed by atoms with E-state index in [1.54, 1.807) is 7.05 Å². The van der Waals surface area contributed by atoms with Crippen LogP contribution < -0.4 is 10.0 Å². The molecule has 0 radical (unpaired) electrons. The Morgan fingerprint density at radius 1 is 1.00 bits per heavy atom. The van der Waals surface area contributed by atoms with E-state index in [0.29, 0.717) is 11.3 Å². The third-order valence-corrected chi connectivity index (χ3v) is 6.28. The van der Waals surface area contributed by atoms with Crippen LogP contribution >= 0.6 is 0 Å². The Labute approximate surface area is 164 Å². The Bertz CT molecular complexity index is 1070. The highest BCUT2D eigenvalue weighted by Gasteiger charge is 2.22. The van der Waals surface area contributed by atoms with E-state index in [9.17, 15) is 8.42 Å². The van der Waals surface area contributed by atoms with Crippen LogP contribution in [0.3, 0.4) is 0 Å². The number of fused-ring (bicyclic) bond motifs is 1. The van der Waals surface area contributed by atoms with Gasteiger partial charge in [-0.3, -0.25) is 9.40 Å². The van der Waals surface area contributed by atoms with Crippen molar-refractivity contribution >= 4 is 32.7 Å². The Morgan fingerprint density at radius 2 is 1.64 bits per heavy atom. The summed E-state index contributed by atoms with van der Waals surface area (Å²) >= 11 is 0. The lowest BCUT2D eigenvalue weighted by Gasteiger charge is -2.19. The maximum Gasteiger partial charge on any atom is 0.266 e. The van der Waals surface area contributed by atoms with Crippen molar-refractivity contribution in [3.05, 3.63) is 36.7 Å². The fourth-order valence-electron chi connectivity index (χ4n) is 3.51. The number of rotatable bonds is 5. The molecule has 1 aliphatic rings. The zero-order valence-corrected chi connectivity index (χ0v) is 16.6. The molecular weight excluding hydrogens is 376 g/mol. The SMILES string of the molecule is Cn1cc(S(=O)(=O)Nc2nc3ccccc3nc2NC2CCCCCC2)cn1. The third kappa shape index (κ3) is 4.09. The Balaban J connectivity index is 1.70. The van der Waals surface area contributed by atoms with E-state index in [4.69, 9.17) is 0 Å². The van der Waals surface area contributed by atoms with E-state index in [-0.39, 0.29) is 16.8 Å². The van der Waals surface area contributed by atoms with E-state index in [0.717, 1.165) is 31.2 Å². The van der Waals surface area contributed by atoms with Crippen LogP contribution in [-0.4, -0.2) is 34.2 Å². The fourth-order valence-corrected chi connectivity index (χ4v) is 4.50. The van der Waals surface area contributed by atoms with Crippen molar-refractivity contribution in [3.63, 3.8) is 0 Å². The summed E-state index contributed by atoms with van der Waals surface area (Å²) < 4.78 is 29.6. The van der Waals surface area contributed by atoms with E-state index in [1.165, 1.54) is 29.9 Å². The number of hydrogen-bond donors (Lipinski definition) is 2. The number of hydrogen-bond acceptors (Lipinski definition) is 6. The van der Waals surface area contributed by atoms with Crippen LogP contribution in [0.5, 0.6) is 0 Å². The molecule has 2 N–H and O–H groups in total. The minimum atomic E-state index is -3.81. The van der Waals surface area contributed by atoms with Gasteiger partial charge in [0, 0.05) is 19.3 Å². The average Bonchev–Trinajstić information content (AvgIpc) is 2.96. The molecule has 4 rings (SSSR count). The first kappa shape index (κ1) is 18.7. The van der Waals surface area contributed by atoms with Crippen molar-refractivity contribution in [1.82, 2.24) is 19.7 Å². The highest BCUT2D eigenvalue weighted by molar-refractivity contribution is 7.92. The van der Waals surface area contributed by atoms with Crippen LogP contribution in [0.15, 0.2) is 41.6 Å². The molecule has 2 heterocycles. The topological polar surface area (TPSA) is 102 Å². The molecule has 8 nitrogen and oxygen atoms in total. The third-order valence-electron chi connectivity index (χ3n) is 4.99. The normalized spacial score (nSPS) is 16.0. The molecule has 148 valence electrons. The number of benzene rings is 1. The molecule has 28 heavy (non-hydrogen) atoms. The number of aromatic nitrogens is 4. The minimum absolute atomic E-state index is 0.0883. The summed E-state index contributed by atoms with van der Waals surface area (Å²) in [5, 5.41) is 7.39. The predicted molar refractivity (Wildman–Crippen MR) is 109 cm³/mol. The Hall–Kier alpha value is -2.68. The molecule has 0 atom stereocenters. The number of sulfonamides is 1. The zero-order chi connectivity index (χ0) is 19.6. The molecule has 0 aliphatic heterocycles. The van der Waals surface area contributed by atoms with Crippen molar-refractivity contribution in [1.29, 1.82) is 0 Å². The van der Waals surface area contributed by atoms with Gasteiger partial charge in [-0.05, 0) is 25.0 Å². The maximum absolute atomic E-state index is 12.8. The van der Waals surface area contributed by atoms with Gasteiger partial charge in [0.15, 0.2) is 11.6 Å². The van der Waals surface area contributed by atoms with E-state index >= 15 is 0 Å². The number of nitrogens with zero attached hydrogens (tertiary/aromatic N) is 4. The van der Waals surface area contributed by atoms with E-state index in [1.807, 2.05) is 24.3 Å². The molecule has 2 aromatic heterocycles. The smallest absolute Gasteiger partial charge is 0.266 e. The second-order valence-electron chi connectivity index (χ2n) is 7.20. The van der Waals surface area contributed by atoms with Gasteiger partial charge in [-0.1, -0.05) is 37.8 Å². The summed E-state index contributed by atoms with van der Waals surface area (Å²) in [7, 11) is -2.13. The summed E-state index contributed by atoms with van der Waals surface area (Å²) in [5.74, 6) is 0.685. The zero-order valence-electron chi connectivity index (χ0n) is 15.8. The van der Waals surface area contributed by atoms with Crippen LogP contribution in [0.2, 0.25) is 0 Å². The maximum atomic E-state index is 12.8. The molecule has 1 aromatic carbocycles. The number of nitrogens with one attached hydrogen (secondary N) is 2. The lowest BCUT2D eigenvalue weighted by atomic mass is 10.1. The lowest BCUT2D eigenvalue weighted by Crippen LogP contribution is -2.22. The van der Waals surface area contributed by atoms with Gasteiger partial charge in [-0.15, -0.1) is 0 Å². The monoisotopic (exact) mass is 400 g/mol. The second kappa shape index (κ2) is 7.75. The first-order chi connectivity index (χ1) is 13.5. The predicted octanol–water partition coefficient (Wildman–Crippen LogP) is 3.30. The van der Waals surface area contributed by atoms with Gasteiger partial charge < -0.3 is 5.32 Å². The average molecular weight is 401 g/mol. The molecule has 1 fully saturated rings. The van der Waals surface area contributed by atoms with E-state index < -0.39 is 10.0 Å². The van der Waals surface area contributed by atoms with Crippen molar-refractivity contribution in [2.45, 2.75) is 49.5 Å². The fraction of sp³-hybridized carbons (Fsp3) is 0.421. The van der Waals surface area contributed by atoms with Gasteiger partial charge in [0.25, 0.3) is 10.0 Å². The van der Waals surface area contributed by atoms with Crippen LogP contribution in [0.25, 0.3) is 11.0 Å². The molecular formula is C19H24N6O2S. The standard InChI is InChI=1S/C19H24N6O2S/c1-25-13-15(12-20-25)28(26,27)24-19-18(21-14-8-4-2-3-5-9-14)22-16-10-6-7-11-17(16)23-19/h6-7,10-14H,2-5,8-9H2,1H3,(H,21,22)(H,23,24). The largest absolute Gasteiger partial charge is 0.364 e. The molecule has 3 aromatic rings. The lowest BCUT2D eigenvalue weighted by molar-refractivity contribution is 0.600. The van der Waals surface area contributed by atoms with Gasteiger partial charge >= 0.3 is 0 Å². The van der Waals surface area contributed by atoms with Crippen LogP contribution in [-0.2, 0) is 17.1 Å².